The van der Waals surface area contributed by atoms with Gasteiger partial charge in [-0.15, -0.1) is 0 Å². The van der Waals surface area contributed by atoms with Crippen molar-refractivity contribution >= 4 is 15.9 Å². The van der Waals surface area contributed by atoms with E-state index in [2.05, 4.69) is 28.9 Å². The molecule has 84 valence electrons. The van der Waals surface area contributed by atoms with E-state index in [1.54, 1.807) is 0 Å². The zero-order chi connectivity index (χ0) is 11.1. The monoisotopic (exact) mass is 271 g/mol. The maximum atomic E-state index is 5.71. The average Bonchev–Trinajstić information content (AvgIpc) is 2.22. The van der Waals surface area contributed by atoms with Gasteiger partial charge in [0, 0.05) is 4.47 Å². The van der Waals surface area contributed by atoms with E-state index >= 15 is 0 Å². The van der Waals surface area contributed by atoms with Crippen molar-refractivity contribution in [3.8, 4) is 5.75 Å². The molecule has 15 heavy (non-hydrogen) atoms. The molecule has 0 spiro atoms. The quantitative estimate of drug-likeness (QED) is 0.807. The summed E-state index contributed by atoms with van der Waals surface area (Å²) in [5.41, 5.74) is 6.75. The van der Waals surface area contributed by atoms with Gasteiger partial charge in [-0.05, 0) is 43.1 Å². The fourth-order valence-electron chi connectivity index (χ4n) is 1.37. The van der Waals surface area contributed by atoms with Crippen LogP contribution in [0.15, 0.2) is 22.7 Å². The van der Waals surface area contributed by atoms with Crippen LogP contribution in [0.4, 0.5) is 0 Å². The van der Waals surface area contributed by atoms with Crippen LogP contribution in [-0.4, -0.2) is 13.2 Å². The van der Waals surface area contributed by atoms with Gasteiger partial charge >= 0.3 is 0 Å². The molecule has 0 aliphatic carbocycles. The second kappa shape index (κ2) is 6.85. The highest BCUT2D eigenvalue weighted by Crippen LogP contribution is 2.23. The Balaban J connectivity index is 2.67. The molecular formula is C12H18BrNO. The first-order chi connectivity index (χ1) is 7.27. The smallest absolute Gasteiger partial charge is 0.122 e. The lowest BCUT2D eigenvalue weighted by Gasteiger charge is -2.11. The fourth-order valence-corrected chi connectivity index (χ4v) is 1.77. The molecule has 0 unspecified atom stereocenters. The number of nitrogens with two attached hydrogens (primary N) is 1. The lowest BCUT2D eigenvalue weighted by atomic mass is 10.1. The van der Waals surface area contributed by atoms with Crippen LogP contribution in [0.5, 0.6) is 5.75 Å². The van der Waals surface area contributed by atoms with Crippen molar-refractivity contribution in [3.05, 3.63) is 28.2 Å². The molecule has 0 bridgehead atoms. The van der Waals surface area contributed by atoms with E-state index in [9.17, 15) is 0 Å². The van der Waals surface area contributed by atoms with Gasteiger partial charge in [-0.1, -0.05) is 29.3 Å². The predicted octanol–water partition coefficient (Wildman–Crippen LogP) is 3.13. The molecule has 0 fully saturated rings. The Morgan fingerprint density at radius 2 is 2.20 bits per heavy atom. The van der Waals surface area contributed by atoms with E-state index < -0.39 is 0 Å². The number of hydrogen-bond acceptors (Lipinski definition) is 2. The Morgan fingerprint density at radius 1 is 1.40 bits per heavy atom. The lowest BCUT2D eigenvalue weighted by molar-refractivity contribution is 0.306. The van der Waals surface area contributed by atoms with Crippen LogP contribution in [-0.2, 0) is 6.42 Å². The number of ether oxygens (including phenoxy) is 1. The topological polar surface area (TPSA) is 35.2 Å². The molecule has 3 heteroatoms. The molecule has 0 heterocycles. The Hall–Kier alpha value is -0.540. The minimum Gasteiger partial charge on any atom is -0.493 e. The molecule has 0 amide bonds. The summed E-state index contributed by atoms with van der Waals surface area (Å²) in [6.07, 6.45) is 3.11. The largest absolute Gasteiger partial charge is 0.493 e. The van der Waals surface area contributed by atoms with E-state index in [0.717, 1.165) is 36.1 Å². The summed E-state index contributed by atoms with van der Waals surface area (Å²) >= 11 is 3.45. The van der Waals surface area contributed by atoms with Gasteiger partial charge < -0.3 is 10.5 Å². The van der Waals surface area contributed by atoms with Gasteiger partial charge in [-0.2, -0.15) is 0 Å². The van der Waals surface area contributed by atoms with E-state index in [-0.39, 0.29) is 0 Å². The van der Waals surface area contributed by atoms with E-state index in [1.165, 1.54) is 5.56 Å². The Kier molecular flexibility index (Phi) is 5.73. The number of hydrogen-bond donors (Lipinski definition) is 1. The van der Waals surface area contributed by atoms with Crippen LogP contribution in [0.3, 0.4) is 0 Å². The third kappa shape index (κ3) is 4.22. The normalized spacial score (nSPS) is 10.3. The maximum absolute atomic E-state index is 5.71. The summed E-state index contributed by atoms with van der Waals surface area (Å²) in [4.78, 5) is 0. The molecule has 0 atom stereocenters. The highest BCUT2D eigenvalue weighted by molar-refractivity contribution is 9.10. The summed E-state index contributed by atoms with van der Waals surface area (Å²) in [6.45, 7) is 3.60. The van der Waals surface area contributed by atoms with Crippen molar-refractivity contribution < 1.29 is 4.74 Å². The Bertz CT molecular complexity index is 302. The molecule has 0 aliphatic heterocycles. The molecule has 2 nitrogen and oxygen atoms in total. The molecule has 0 saturated carbocycles. The van der Waals surface area contributed by atoms with Crippen LogP contribution in [0.25, 0.3) is 0 Å². The summed E-state index contributed by atoms with van der Waals surface area (Å²) in [6, 6.07) is 6.08. The van der Waals surface area contributed by atoms with Crippen LogP contribution in [0, 0.1) is 0 Å². The molecule has 1 aromatic rings. The second-order valence-electron chi connectivity index (χ2n) is 3.49. The summed E-state index contributed by atoms with van der Waals surface area (Å²) < 4.78 is 6.79. The number of benzene rings is 1. The standard InChI is InChI=1S/C12H18BrNO/c1-2-3-8-15-12-5-4-11(13)9-10(12)6-7-14/h4-5,9H,2-3,6-8,14H2,1H3. The Morgan fingerprint density at radius 3 is 2.87 bits per heavy atom. The van der Waals surface area contributed by atoms with Gasteiger partial charge in [0.05, 0.1) is 6.61 Å². The van der Waals surface area contributed by atoms with E-state index in [0.29, 0.717) is 6.54 Å². The lowest BCUT2D eigenvalue weighted by Crippen LogP contribution is -2.06. The molecule has 0 aromatic heterocycles. The highest BCUT2D eigenvalue weighted by atomic mass is 79.9. The molecule has 0 aliphatic rings. The van der Waals surface area contributed by atoms with Crippen LogP contribution in [0.1, 0.15) is 25.3 Å². The molecule has 2 N–H and O–H groups in total. The summed E-state index contributed by atoms with van der Waals surface area (Å²) in [7, 11) is 0. The first-order valence-corrected chi connectivity index (χ1v) is 6.18. The minimum absolute atomic E-state index is 0.653. The summed E-state index contributed by atoms with van der Waals surface area (Å²) in [5, 5.41) is 0. The van der Waals surface area contributed by atoms with Crippen molar-refractivity contribution in [1.29, 1.82) is 0 Å². The van der Waals surface area contributed by atoms with Crippen molar-refractivity contribution in [1.82, 2.24) is 0 Å². The van der Waals surface area contributed by atoms with Crippen molar-refractivity contribution in [2.24, 2.45) is 5.73 Å². The van der Waals surface area contributed by atoms with Crippen molar-refractivity contribution in [3.63, 3.8) is 0 Å². The van der Waals surface area contributed by atoms with Gasteiger partial charge in [0.15, 0.2) is 0 Å². The number of unbranched alkanes of at least 4 members (excludes halogenated alkanes) is 1. The zero-order valence-electron chi connectivity index (χ0n) is 9.13. The Labute approximate surface area is 99.9 Å². The number of rotatable bonds is 6. The SMILES string of the molecule is CCCCOc1ccc(Br)cc1CCN. The average molecular weight is 272 g/mol. The third-order valence-electron chi connectivity index (χ3n) is 2.19. The van der Waals surface area contributed by atoms with Gasteiger partial charge in [0.2, 0.25) is 0 Å². The molecule has 1 rings (SSSR count). The number of halogens is 1. The first kappa shape index (κ1) is 12.5. The highest BCUT2D eigenvalue weighted by Gasteiger charge is 2.03. The van der Waals surface area contributed by atoms with Gasteiger partial charge in [-0.25, -0.2) is 0 Å². The van der Waals surface area contributed by atoms with Crippen LogP contribution in [0.2, 0.25) is 0 Å². The third-order valence-corrected chi connectivity index (χ3v) is 2.68. The first-order valence-electron chi connectivity index (χ1n) is 5.39. The predicted molar refractivity (Wildman–Crippen MR) is 67.3 cm³/mol. The van der Waals surface area contributed by atoms with Crippen molar-refractivity contribution in [2.75, 3.05) is 13.2 Å². The van der Waals surface area contributed by atoms with Gasteiger partial charge in [0.25, 0.3) is 0 Å². The summed E-state index contributed by atoms with van der Waals surface area (Å²) in [5.74, 6) is 0.970. The minimum atomic E-state index is 0.653. The fraction of sp³-hybridized carbons (Fsp3) is 0.500. The molecule has 0 radical (unpaired) electrons. The van der Waals surface area contributed by atoms with Crippen LogP contribution < -0.4 is 10.5 Å². The van der Waals surface area contributed by atoms with Gasteiger partial charge in [-0.3, -0.25) is 0 Å². The maximum Gasteiger partial charge on any atom is 0.122 e. The van der Waals surface area contributed by atoms with E-state index in [4.69, 9.17) is 10.5 Å². The molecule has 0 saturated heterocycles. The van der Waals surface area contributed by atoms with Crippen molar-refractivity contribution in [2.45, 2.75) is 26.2 Å². The zero-order valence-corrected chi connectivity index (χ0v) is 10.7. The van der Waals surface area contributed by atoms with E-state index in [1.807, 2.05) is 12.1 Å². The molecular weight excluding hydrogens is 254 g/mol. The molecule has 1 aromatic carbocycles. The van der Waals surface area contributed by atoms with Crippen LogP contribution >= 0.6 is 15.9 Å². The second-order valence-corrected chi connectivity index (χ2v) is 4.41. The van der Waals surface area contributed by atoms with Gasteiger partial charge in [0.1, 0.15) is 5.75 Å².